The maximum Gasteiger partial charge on any atom is 0.412 e. The number of hydrogen-bond donors (Lipinski definition) is 1. The number of hydroxylamine groups is 2. The van der Waals surface area contributed by atoms with E-state index in [-0.39, 0.29) is 16.4 Å². The van der Waals surface area contributed by atoms with Crippen LogP contribution in [-0.2, 0) is 11.4 Å². The second kappa shape index (κ2) is 9.98. The molecule has 7 nitrogen and oxygen atoms in total. The number of benzene rings is 2. The van der Waals surface area contributed by atoms with E-state index < -0.39 is 20.3 Å². The molecule has 0 saturated carbocycles. The number of hydrogen-bond acceptors (Lipinski definition) is 5. The third-order valence-electron chi connectivity index (χ3n) is 5.40. The standard InChI is InChI=1S/C23H32N2O5Si/c1-23(2,3)31(6,7)30-18-13-14-20(19(15-18)21(26)25(4)28-5)29-22(27)24-16-17-11-9-8-10-12-17/h8-15H,16H2,1-7H3,(H,24,27). The smallest absolute Gasteiger partial charge is 0.412 e. The van der Waals surface area contributed by atoms with Crippen molar-refractivity contribution < 1.29 is 23.6 Å². The van der Waals surface area contributed by atoms with Crippen LogP contribution in [0.15, 0.2) is 48.5 Å². The molecule has 0 aromatic heterocycles. The van der Waals surface area contributed by atoms with Crippen LogP contribution in [0, 0.1) is 0 Å². The Bertz CT molecular complexity index is 910. The molecule has 0 spiro atoms. The molecule has 31 heavy (non-hydrogen) atoms. The first-order chi connectivity index (χ1) is 14.4. The molecule has 8 heteroatoms. The van der Waals surface area contributed by atoms with Gasteiger partial charge in [-0.1, -0.05) is 51.1 Å². The monoisotopic (exact) mass is 444 g/mol. The van der Waals surface area contributed by atoms with Gasteiger partial charge in [-0.25, -0.2) is 9.86 Å². The predicted octanol–water partition coefficient (Wildman–Crippen LogP) is 4.99. The van der Waals surface area contributed by atoms with Crippen molar-refractivity contribution in [1.82, 2.24) is 10.4 Å². The summed E-state index contributed by atoms with van der Waals surface area (Å²) >= 11 is 0. The van der Waals surface area contributed by atoms with Crippen molar-refractivity contribution >= 4 is 20.3 Å². The van der Waals surface area contributed by atoms with E-state index in [9.17, 15) is 9.59 Å². The van der Waals surface area contributed by atoms with Gasteiger partial charge in [0.05, 0.1) is 12.7 Å². The van der Waals surface area contributed by atoms with E-state index in [4.69, 9.17) is 14.0 Å². The number of rotatable bonds is 7. The Morgan fingerprint density at radius 2 is 1.71 bits per heavy atom. The molecule has 2 aromatic rings. The third-order valence-corrected chi connectivity index (χ3v) is 9.76. The molecule has 1 N–H and O–H groups in total. The van der Waals surface area contributed by atoms with Crippen molar-refractivity contribution in [2.45, 2.75) is 45.4 Å². The van der Waals surface area contributed by atoms with Gasteiger partial charge < -0.3 is 14.5 Å². The zero-order valence-electron chi connectivity index (χ0n) is 19.3. The first-order valence-corrected chi connectivity index (χ1v) is 13.0. The Hall–Kier alpha value is -2.84. The van der Waals surface area contributed by atoms with Crippen LogP contribution in [0.5, 0.6) is 11.5 Å². The lowest BCUT2D eigenvalue weighted by molar-refractivity contribution is -0.0758. The lowest BCUT2D eigenvalue weighted by atomic mass is 10.1. The largest absolute Gasteiger partial charge is 0.543 e. The molecule has 0 unspecified atom stereocenters. The first-order valence-electron chi connectivity index (χ1n) is 10.1. The average molecular weight is 445 g/mol. The molecule has 0 saturated heterocycles. The van der Waals surface area contributed by atoms with Gasteiger partial charge >= 0.3 is 6.09 Å². The molecular formula is C23H32N2O5Si. The maximum absolute atomic E-state index is 12.8. The molecule has 2 amide bonds. The fourth-order valence-corrected chi connectivity index (χ4v) is 3.46. The normalized spacial score (nSPS) is 11.6. The zero-order valence-corrected chi connectivity index (χ0v) is 20.3. The van der Waals surface area contributed by atoms with Gasteiger partial charge in [-0.2, -0.15) is 0 Å². The van der Waals surface area contributed by atoms with Crippen LogP contribution in [-0.4, -0.2) is 39.5 Å². The lowest BCUT2D eigenvalue weighted by Crippen LogP contribution is -2.43. The number of carbonyl (C=O) groups excluding carboxylic acids is 2. The van der Waals surface area contributed by atoms with Crippen molar-refractivity contribution in [3.8, 4) is 11.5 Å². The summed E-state index contributed by atoms with van der Waals surface area (Å²) < 4.78 is 11.7. The summed E-state index contributed by atoms with van der Waals surface area (Å²) in [6, 6.07) is 14.4. The van der Waals surface area contributed by atoms with Crippen LogP contribution >= 0.6 is 0 Å². The minimum absolute atomic E-state index is 0.00696. The van der Waals surface area contributed by atoms with Gasteiger partial charge in [0.2, 0.25) is 8.32 Å². The highest BCUT2D eigenvalue weighted by atomic mass is 28.4. The van der Waals surface area contributed by atoms with Crippen LogP contribution in [0.1, 0.15) is 36.7 Å². The summed E-state index contributed by atoms with van der Waals surface area (Å²) in [4.78, 5) is 30.2. The Labute approximate surface area is 185 Å². The Kier molecular flexibility index (Phi) is 7.86. The quantitative estimate of drug-likeness (QED) is 0.481. The average Bonchev–Trinajstić information content (AvgIpc) is 2.72. The number of carbonyl (C=O) groups is 2. The van der Waals surface area contributed by atoms with Crippen molar-refractivity contribution in [1.29, 1.82) is 0 Å². The van der Waals surface area contributed by atoms with Gasteiger partial charge in [0.15, 0.2) is 0 Å². The maximum atomic E-state index is 12.8. The fraction of sp³-hybridized carbons (Fsp3) is 0.391. The summed E-state index contributed by atoms with van der Waals surface area (Å²) in [7, 11) is 0.764. The lowest BCUT2D eigenvalue weighted by Gasteiger charge is -2.36. The van der Waals surface area contributed by atoms with Crippen LogP contribution in [0.3, 0.4) is 0 Å². The van der Waals surface area contributed by atoms with Gasteiger partial charge in [0, 0.05) is 13.6 Å². The highest BCUT2D eigenvalue weighted by molar-refractivity contribution is 6.74. The van der Waals surface area contributed by atoms with E-state index in [1.807, 2.05) is 30.3 Å². The van der Waals surface area contributed by atoms with Crippen LogP contribution < -0.4 is 14.5 Å². The molecule has 2 aromatic carbocycles. The molecule has 0 bridgehead atoms. The Balaban J connectivity index is 2.24. The number of nitrogens with zero attached hydrogens (tertiary/aromatic N) is 1. The number of amides is 2. The van der Waals surface area contributed by atoms with E-state index >= 15 is 0 Å². The Morgan fingerprint density at radius 3 is 2.29 bits per heavy atom. The summed E-state index contributed by atoms with van der Waals surface area (Å²) in [5.41, 5.74) is 1.11. The molecule has 0 aliphatic rings. The van der Waals surface area contributed by atoms with Crippen LogP contribution in [0.4, 0.5) is 4.79 Å². The molecule has 0 atom stereocenters. The second-order valence-electron chi connectivity index (χ2n) is 8.73. The van der Waals surface area contributed by atoms with E-state index in [2.05, 4.69) is 39.2 Å². The van der Waals surface area contributed by atoms with Crippen molar-refractivity contribution in [2.75, 3.05) is 14.2 Å². The molecule has 0 aliphatic heterocycles. The molecular weight excluding hydrogens is 412 g/mol. The van der Waals surface area contributed by atoms with Crippen molar-refractivity contribution in [3.05, 3.63) is 59.7 Å². The van der Waals surface area contributed by atoms with Crippen LogP contribution in [0.25, 0.3) is 0 Å². The highest BCUT2D eigenvalue weighted by Crippen LogP contribution is 2.38. The van der Waals surface area contributed by atoms with Crippen molar-refractivity contribution in [2.24, 2.45) is 0 Å². The minimum Gasteiger partial charge on any atom is -0.543 e. The van der Waals surface area contributed by atoms with Gasteiger partial charge in [-0.3, -0.25) is 9.63 Å². The van der Waals surface area contributed by atoms with Gasteiger partial charge in [-0.05, 0) is 41.9 Å². The summed E-state index contributed by atoms with van der Waals surface area (Å²) in [5.74, 6) is 0.229. The van der Waals surface area contributed by atoms with Gasteiger partial charge in [-0.15, -0.1) is 0 Å². The first kappa shape index (κ1) is 24.4. The van der Waals surface area contributed by atoms with E-state index in [1.54, 1.807) is 18.2 Å². The predicted molar refractivity (Wildman–Crippen MR) is 123 cm³/mol. The molecule has 168 valence electrons. The third kappa shape index (κ3) is 6.57. The second-order valence-corrected chi connectivity index (χ2v) is 13.5. The SMILES string of the molecule is CON(C)C(=O)c1cc(O[Si](C)(C)C(C)(C)C)ccc1OC(=O)NCc1ccccc1. The fourth-order valence-electron chi connectivity index (χ4n) is 2.44. The van der Waals surface area contributed by atoms with Gasteiger partial charge in [0.25, 0.3) is 5.91 Å². The molecule has 0 fully saturated rings. The van der Waals surface area contributed by atoms with Gasteiger partial charge in [0.1, 0.15) is 11.5 Å². The van der Waals surface area contributed by atoms with E-state index in [0.717, 1.165) is 10.6 Å². The topological polar surface area (TPSA) is 77.1 Å². The number of nitrogens with one attached hydrogen (secondary N) is 1. The highest BCUT2D eigenvalue weighted by Gasteiger charge is 2.39. The molecule has 0 radical (unpaired) electrons. The molecule has 2 rings (SSSR count). The van der Waals surface area contributed by atoms with Crippen LogP contribution in [0.2, 0.25) is 18.1 Å². The number of ether oxygens (including phenoxy) is 1. The van der Waals surface area contributed by atoms with Crippen molar-refractivity contribution in [3.63, 3.8) is 0 Å². The minimum atomic E-state index is -2.11. The Morgan fingerprint density at radius 1 is 1.06 bits per heavy atom. The zero-order chi connectivity index (χ0) is 23.2. The molecule has 0 heterocycles. The van der Waals surface area contributed by atoms with E-state index in [0.29, 0.717) is 12.3 Å². The van der Waals surface area contributed by atoms with E-state index in [1.165, 1.54) is 14.2 Å². The summed E-state index contributed by atoms with van der Waals surface area (Å²) in [5, 5.41) is 3.75. The summed E-state index contributed by atoms with van der Waals surface area (Å²) in [6.45, 7) is 11.0. The summed E-state index contributed by atoms with van der Waals surface area (Å²) in [6.07, 6.45) is -0.656. The molecule has 0 aliphatic carbocycles.